The minimum absolute atomic E-state index is 0.318. The van der Waals surface area contributed by atoms with Crippen LogP contribution in [0.15, 0.2) is 18.2 Å². The van der Waals surface area contributed by atoms with Gasteiger partial charge in [0.1, 0.15) is 5.60 Å². The van der Waals surface area contributed by atoms with Gasteiger partial charge in [0.15, 0.2) is 0 Å². The SMILES string of the molecule is CC(C)(C)OC=O.FC(F)(F)c1ccc(N2CCCC2)c(CN2CCNCC2)c1. The second-order valence-corrected chi connectivity index (χ2v) is 8.39. The summed E-state index contributed by atoms with van der Waals surface area (Å²) in [5.41, 5.74) is 0.921. The lowest BCUT2D eigenvalue weighted by Crippen LogP contribution is -2.43. The third-order valence-electron chi connectivity index (χ3n) is 4.86. The standard InChI is InChI=1S/C16H22F3N3.C5H10O2/c17-16(18,19)14-3-4-15(22-7-1-2-8-22)13(11-14)12-21-9-5-20-6-10-21;1-5(2,3)7-4-6/h3-4,11,20H,1-2,5-10,12H2;4H,1-3H3. The highest BCUT2D eigenvalue weighted by Crippen LogP contribution is 2.34. The molecule has 1 aromatic carbocycles. The largest absolute Gasteiger partial charge is 0.462 e. The molecular weight excluding hydrogens is 383 g/mol. The van der Waals surface area contributed by atoms with E-state index in [9.17, 15) is 18.0 Å². The van der Waals surface area contributed by atoms with Gasteiger partial charge in [-0.2, -0.15) is 13.2 Å². The topological polar surface area (TPSA) is 44.8 Å². The van der Waals surface area contributed by atoms with Gasteiger partial charge in [-0.05, 0) is 57.4 Å². The summed E-state index contributed by atoms with van der Waals surface area (Å²) in [6, 6.07) is 4.22. The number of piperazine rings is 1. The van der Waals surface area contributed by atoms with E-state index in [1.54, 1.807) is 6.07 Å². The number of carbonyl (C=O) groups excluding carboxylic acids is 1. The van der Waals surface area contributed by atoms with Crippen molar-refractivity contribution >= 4 is 12.2 Å². The van der Waals surface area contributed by atoms with Crippen molar-refractivity contribution in [3.63, 3.8) is 0 Å². The molecule has 0 aliphatic carbocycles. The van der Waals surface area contributed by atoms with Gasteiger partial charge in [-0.3, -0.25) is 9.69 Å². The fraction of sp³-hybridized carbons (Fsp3) is 0.667. The van der Waals surface area contributed by atoms with Gasteiger partial charge in [0.05, 0.1) is 5.56 Å². The zero-order valence-electron chi connectivity index (χ0n) is 17.5. The Morgan fingerprint density at radius 2 is 1.69 bits per heavy atom. The van der Waals surface area contributed by atoms with Crippen LogP contribution in [-0.2, 0) is 22.3 Å². The van der Waals surface area contributed by atoms with Crippen molar-refractivity contribution in [2.45, 2.75) is 51.9 Å². The zero-order valence-corrected chi connectivity index (χ0v) is 17.5. The summed E-state index contributed by atoms with van der Waals surface area (Å²) in [6.45, 7) is 12.0. The fourth-order valence-corrected chi connectivity index (χ4v) is 3.41. The molecule has 0 bridgehead atoms. The number of ether oxygens (including phenoxy) is 1. The number of carbonyl (C=O) groups is 1. The number of nitrogens with one attached hydrogen (secondary N) is 1. The Labute approximate surface area is 171 Å². The van der Waals surface area contributed by atoms with Gasteiger partial charge in [-0.1, -0.05) is 0 Å². The van der Waals surface area contributed by atoms with Crippen molar-refractivity contribution in [3.05, 3.63) is 29.3 Å². The van der Waals surface area contributed by atoms with Gasteiger partial charge in [0.25, 0.3) is 6.47 Å². The van der Waals surface area contributed by atoms with Crippen LogP contribution in [0.5, 0.6) is 0 Å². The van der Waals surface area contributed by atoms with E-state index in [0.717, 1.165) is 63.4 Å². The molecule has 2 heterocycles. The minimum atomic E-state index is -4.28. The highest BCUT2D eigenvalue weighted by atomic mass is 19.4. The first-order valence-electron chi connectivity index (χ1n) is 10.1. The van der Waals surface area contributed by atoms with E-state index in [0.29, 0.717) is 13.0 Å². The first-order chi connectivity index (χ1) is 13.6. The average Bonchev–Trinajstić information content (AvgIpc) is 3.16. The number of hydrogen-bond acceptors (Lipinski definition) is 5. The molecule has 2 fully saturated rings. The lowest BCUT2D eigenvalue weighted by molar-refractivity contribution is -0.139. The van der Waals surface area contributed by atoms with Crippen molar-refractivity contribution in [2.24, 2.45) is 0 Å². The Bertz CT molecular complexity index is 648. The van der Waals surface area contributed by atoms with E-state index >= 15 is 0 Å². The maximum Gasteiger partial charge on any atom is 0.416 e. The van der Waals surface area contributed by atoms with Gasteiger partial charge in [0.2, 0.25) is 0 Å². The number of rotatable bonds is 4. The van der Waals surface area contributed by atoms with Crippen LogP contribution < -0.4 is 10.2 Å². The lowest BCUT2D eigenvalue weighted by Gasteiger charge is -2.30. The third-order valence-corrected chi connectivity index (χ3v) is 4.86. The molecule has 0 atom stereocenters. The molecule has 2 aliphatic rings. The van der Waals surface area contributed by atoms with Crippen molar-refractivity contribution < 1.29 is 22.7 Å². The van der Waals surface area contributed by atoms with Crippen molar-refractivity contribution in [2.75, 3.05) is 44.2 Å². The molecule has 0 aromatic heterocycles. The fourth-order valence-electron chi connectivity index (χ4n) is 3.41. The van der Waals surface area contributed by atoms with Gasteiger partial charge >= 0.3 is 6.18 Å². The molecule has 0 spiro atoms. The summed E-state index contributed by atoms with van der Waals surface area (Å²) in [6.07, 6.45) is -2.04. The summed E-state index contributed by atoms with van der Waals surface area (Å²) >= 11 is 0. The number of alkyl halides is 3. The zero-order chi connectivity index (χ0) is 21.5. The van der Waals surface area contributed by atoms with Gasteiger partial charge in [0, 0.05) is 51.5 Å². The van der Waals surface area contributed by atoms with E-state index in [1.165, 1.54) is 12.1 Å². The Morgan fingerprint density at radius 3 is 2.17 bits per heavy atom. The van der Waals surface area contributed by atoms with Crippen LogP contribution >= 0.6 is 0 Å². The number of anilines is 1. The summed E-state index contributed by atoms with van der Waals surface area (Å²) < 4.78 is 43.6. The summed E-state index contributed by atoms with van der Waals surface area (Å²) in [5.74, 6) is 0. The predicted molar refractivity (Wildman–Crippen MR) is 108 cm³/mol. The third kappa shape index (κ3) is 7.85. The van der Waals surface area contributed by atoms with Crippen LogP contribution in [0.2, 0.25) is 0 Å². The van der Waals surface area contributed by atoms with Crippen molar-refractivity contribution in [1.82, 2.24) is 10.2 Å². The number of halogens is 3. The predicted octanol–water partition coefficient (Wildman–Crippen LogP) is 3.67. The summed E-state index contributed by atoms with van der Waals surface area (Å²) in [5, 5.41) is 3.27. The molecule has 1 aromatic rings. The Morgan fingerprint density at radius 1 is 1.07 bits per heavy atom. The molecule has 8 heteroatoms. The maximum absolute atomic E-state index is 13.0. The highest BCUT2D eigenvalue weighted by molar-refractivity contribution is 5.56. The van der Waals surface area contributed by atoms with E-state index in [1.807, 2.05) is 20.8 Å². The van der Waals surface area contributed by atoms with E-state index < -0.39 is 11.7 Å². The molecule has 0 unspecified atom stereocenters. The summed E-state index contributed by atoms with van der Waals surface area (Å²) in [4.78, 5) is 14.0. The highest BCUT2D eigenvalue weighted by Gasteiger charge is 2.32. The first-order valence-corrected chi connectivity index (χ1v) is 10.1. The van der Waals surface area contributed by atoms with Gasteiger partial charge in [-0.25, -0.2) is 0 Å². The molecule has 29 heavy (non-hydrogen) atoms. The second-order valence-electron chi connectivity index (χ2n) is 8.39. The first kappa shape index (κ1) is 23.5. The quantitative estimate of drug-likeness (QED) is 0.761. The molecule has 2 aliphatic heterocycles. The van der Waals surface area contributed by atoms with Crippen LogP contribution in [-0.4, -0.2) is 56.2 Å². The van der Waals surface area contributed by atoms with Gasteiger partial charge < -0.3 is 15.0 Å². The molecule has 5 nitrogen and oxygen atoms in total. The molecule has 1 N–H and O–H groups in total. The minimum Gasteiger partial charge on any atom is -0.462 e. The van der Waals surface area contributed by atoms with Crippen LogP contribution in [0.1, 0.15) is 44.7 Å². The summed E-state index contributed by atoms with van der Waals surface area (Å²) in [7, 11) is 0. The van der Waals surface area contributed by atoms with Crippen LogP contribution in [0, 0.1) is 0 Å². The van der Waals surface area contributed by atoms with Crippen LogP contribution in [0.25, 0.3) is 0 Å². The molecule has 2 saturated heterocycles. The Kier molecular flexibility index (Phi) is 8.34. The number of hydrogen-bond donors (Lipinski definition) is 1. The molecule has 164 valence electrons. The molecule has 0 amide bonds. The normalized spacial score (nSPS) is 18.2. The van der Waals surface area contributed by atoms with Crippen LogP contribution in [0.4, 0.5) is 18.9 Å². The van der Waals surface area contributed by atoms with Crippen molar-refractivity contribution in [3.8, 4) is 0 Å². The Balaban J connectivity index is 0.000000370. The lowest BCUT2D eigenvalue weighted by atomic mass is 10.1. The molecule has 0 saturated carbocycles. The number of nitrogens with zero attached hydrogens (tertiary/aromatic N) is 2. The van der Waals surface area contributed by atoms with E-state index in [2.05, 4.69) is 19.9 Å². The van der Waals surface area contributed by atoms with E-state index in [-0.39, 0.29) is 5.60 Å². The Hall–Kier alpha value is -1.80. The molecule has 0 radical (unpaired) electrons. The monoisotopic (exact) mass is 415 g/mol. The second kappa shape index (κ2) is 10.3. The maximum atomic E-state index is 13.0. The molecule has 3 rings (SSSR count). The average molecular weight is 416 g/mol. The number of benzene rings is 1. The van der Waals surface area contributed by atoms with Crippen molar-refractivity contribution in [1.29, 1.82) is 0 Å². The smallest absolute Gasteiger partial charge is 0.416 e. The van der Waals surface area contributed by atoms with Crippen LogP contribution in [0.3, 0.4) is 0 Å². The van der Waals surface area contributed by atoms with E-state index in [4.69, 9.17) is 0 Å². The molecular formula is C21H32F3N3O2. The van der Waals surface area contributed by atoms with Gasteiger partial charge in [-0.15, -0.1) is 0 Å².